The van der Waals surface area contributed by atoms with Gasteiger partial charge in [0.2, 0.25) is 10.0 Å². The zero-order valence-electron chi connectivity index (χ0n) is 10.1. The monoisotopic (exact) mass is 308 g/mol. The van der Waals surface area contributed by atoms with E-state index in [0.717, 1.165) is 12.3 Å². The average molecular weight is 309 g/mol. The van der Waals surface area contributed by atoms with Crippen LogP contribution >= 0.6 is 11.6 Å². The van der Waals surface area contributed by atoms with Crippen LogP contribution in [0.25, 0.3) is 0 Å². The van der Waals surface area contributed by atoms with Crippen LogP contribution in [-0.4, -0.2) is 33.0 Å². The Morgan fingerprint density at radius 3 is 2.79 bits per heavy atom. The van der Waals surface area contributed by atoms with Gasteiger partial charge in [-0.1, -0.05) is 11.6 Å². The molecule has 19 heavy (non-hydrogen) atoms. The minimum atomic E-state index is -3.76. The summed E-state index contributed by atoms with van der Waals surface area (Å²) >= 11 is 5.54. The number of hydrogen-bond donors (Lipinski definition) is 2. The van der Waals surface area contributed by atoms with Crippen molar-refractivity contribution in [1.82, 2.24) is 9.71 Å². The minimum absolute atomic E-state index is 0.0776. The van der Waals surface area contributed by atoms with E-state index in [0.29, 0.717) is 6.42 Å². The summed E-state index contributed by atoms with van der Waals surface area (Å²) in [6.45, 7) is 0.0776. The second-order valence-corrected chi connectivity index (χ2v) is 5.76. The fraction of sp³-hybridized carbons (Fsp3) is 0.400. The van der Waals surface area contributed by atoms with E-state index in [4.69, 9.17) is 11.6 Å². The maximum absolute atomic E-state index is 11.8. The first-order valence-electron chi connectivity index (χ1n) is 5.31. The lowest BCUT2D eigenvalue weighted by molar-refractivity contribution is -0.140. The molecule has 7 nitrogen and oxygen atoms in total. The highest BCUT2D eigenvalue weighted by atomic mass is 35.5. The van der Waals surface area contributed by atoms with Crippen molar-refractivity contribution < 1.29 is 17.9 Å². The Labute approximate surface area is 115 Å². The Balaban J connectivity index is 2.63. The molecule has 0 aliphatic rings. The van der Waals surface area contributed by atoms with E-state index in [-0.39, 0.29) is 22.9 Å². The second kappa shape index (κ2) is 6.69. The van der Waals surface area contributed by atoms with Crippen molar-refractivity contribution in [3.8, 4) is 0 Å². The number of hydrogen-bond acceptors (Lipinski definition) is 5. The first kappa shape index (κ1) is 15.7. The number of nitrogens with one attached hydrogen (secondary N) is 2. The first-order valence-corrected chi connectivity index (χ1v) is 7.17. The van der Waals surface area contributed by atoms with Crippen LogP contribution in [0.4, 0.5) is 0 Å². The molecule has 106 valence electrons. The van der Waals surface area contributed by atoms with Gasteiger partial charge in [-0.2, -0.15) is 0 Å². The van der Waals surface area contributed by atoms with Gasteiger partial charge in [0.15, 0.2) is 0 Å². The maximum Gasteiger partial charge on any atom is 0.305 e. The molecule has 0 radical (unpaired) electrons. The van der Waals surface area contributed by atoms with Gasteiger partial charge in [-0.15, -0.1) is 0 Å². The van der Waals surface area contributed by atoms with Crippen molar-refractivity contribution in [2.24, 2.45) is 0 Å². The molecule has 9 heteroatoms. The Morgan fingerprint density at radius 2 is 2.21 bits per heavy atom. The van der Waals surface area contributed by atoms with E-state index in [1.54, 1.807) is 0 Å². The Morgan fingerprint density at radius 1 is 1.53 bits per heavy atom. The summed E-state index contributed by atoms with van der Waals surface area (Å²) in [5, 5.41) is -0.211. The molecule has 0 atom stereocenters. The van der Waals surface area contributed by atoms with Gasteiger partial charge in [0.1, 0.15) is 5.02 Å². The van der Waals surface area contributed by atoms with Crippen LogP contribution in [0.1, 0.15) is 12.8 Å². The van der Waals surface area contributed by atoms with Gasteiger partial charge in [-0.25, -0.2) is 13.1 Å². The molecule has 1 aromatic heterocycles. The molecule has 1 rings (SSSR count). The van der Waals surface area contributed by atoms with Gasteiger partial charge in [-0.3, -0.25) is 9.59 Å². The normalized spacial score (nSPS) is 11.3. The summed E-state index contributed by atoms with van der Waals surface area (Å²) < 4.78 is 30.3. The van der Waals surface area contributed by atoms with Crippen LogP contribution in [0.3, 0.4) is 0 Å². The third kappa shape index (κ3) is 4.66. The summed E-state index contributed by atoms with van der Waals surface area (Å²) in [6, 6.07) is 1.06. The lowest BCUT2D eigenvalue weighted by Crippen LogP contribution is -2.26. The van der Waals surface area contributed by atoms with E-state index in [2.05, 4.69) is 14.4 Å². The Kier molecular flexibility index (Phi) is 5.52. The van der Waals surface area contributed by atoms with E-state index in [1.807, 2.05) is 0 Å². The molecule has 0 fully saturated rings. The number of H-pyrrole nitrogens is 1. The number of sulfonamides is 1. The smallest absolute Gasteiger partial charge is 0.305 e. The molecule has 0 saturated carbocycles. The van der Waals surface area contributed by atoms with Crippen LogP contribution in [-0.2, 0) is 19.6 Å². The van der Waals surface area contributed by atoms with Crippen molar-refractivity contribution in [2.45, 2.75) is 17.7 Å². The van der Waals surface area contributed by atoms with Crippen LogP contribution < -0.4 is 10.3 Å². The number of rotatable bonds is 6. The number of carbonyl (C=O) groups excluding carboxylic acids is 1. The molecule has 0 aromatic carbocycles. The lowest BCUT2D eigenvalue weighted by atomic mass is 10.3. The molecule has 2 N–H and O–H groups in total. The van der Waals surface area contributed by atoms with Gasteiger partial charge in [0, 0.05) is 19.2 Å². The molecule has 0 aliphatic carbocycles. The fourth-order valence-corrected chi connectivity index (χ4v) is 2.52. The molecule has 1 aromatic rings. The van der Waals surface area contributed by atoms with Crippen LogP contribution in [0.5, 0.6) is 0 Å². The third-order valence-corrected chi connectivity index (χ3v) is 3.94. The SMILES string of the molecule is COC(=O)CCCNS(=O)(=O)c1c[nH]c(=O)c(Cl)c1. The largest absolute Gasteiger partial charge is 0.469 e. The summed E-state index contributed by atoms with van der Waals surface area (Å²) in [7, 11) is -2.50. The van der Waals surface area contributed by atoms with Crippen LogP contribution in [0.2, 0.25) is 5.02 Å². The molecule has 0 unspecified atom stereocenters. The van der Waals surface area contributed by atoms with Crippen LogP contribution in [0, 0.1) is 0 Å². The van der Waals surface area contributed by atoms with Crippen molar-refractivity contribution in [3.63, 3.8) is 0 Å². The van der Waals surface area contributed by atoms with E-state index in [9.17, 15) is 18.0 Å². The molecule has 1 heterocycles. The number of esters is 1. The van der Waals surface area contributed by atoms with Gasteiger partial charge in [-0.05, 0) is 12.5 Å². The quantitative estimate of drug-likeness (QED) is 0.579. The molecule has 0 spiro atoms. The van der Waals surface area contributed by atoms with Gasteiger partial charge in [0.25, 0.3) is 5.56 Å². The first-order chi connectivity index (χ1) is 8.86. The Hall–Kier alpha value is -1.38. The molecule has 0 bridgehead atoms. The predicted octanol–water partition coefficient (Wildman–Crippen LogP) is 0.260. The number of aromatic nitrogens is 1. The average Bonchev–Trinajstić information content (AvgIpc) is 2.37. The molecule has 0 amide bonds. The number of pyridine rings is 1. The molecular weight excluding hydrogens is 296 g/mol. The van der Waals surface area contributed by atoms with Gasteiger partial charge < -0.3 is 9.72 Å². The summed E-state index contributed by atoms with van der Waals surface area (Å²) in [4.78, 5) is 23.9. The molecule has 0 aliphatic heterocycles. The van der Waals surface area contributed by atoms with Crippen LogP contribution in [0.15, 0.2) is 22.0 Å². The predicted molar refractivity (Wildman–Crippen MR) is 68.5 cm³/mol. The van der Waals surface area contributed by atoms with Crippen molar-refractivity contribution in [1.29, 1.82) is 0 Å². The van der Waals surface area contributed by atoms with E-state index >= 15 is 0 Å². The van der Waals surface area contributed by atoms with Gasteiger partial charge in [0.05, 0.1) is 12.0 Å². The molecular formula is C10H13ClN2O5S. The number of ether oxygens (including phenoxy) is 1. The van der Waals surface area contributed by atoms with E-state index < -0.39 is 21.6 Å². The molecule has 0 saturated heterocycles. The summed E-state index contributed by atoms with van der Waals surface area (Å²) in [6.07, 6.45) is 1.48. The topological polar surface area (TPSA) is 105 Å². The van der Waals surface area contributed by atoms with Gasteiger partial charge >= 0.3 is 5.97 Å². The number of halogens is 1. The highest BCUT2D eigenvalue weighted by Crippen LogP contribution is 2.10. The van der Waals surface area contributed by atoms with Crippen molar-refractivity contribution in [2.75, 3.05) is 13.7 Å². The zero-order chi connectivity index (χ0) is 14.5. The van der Waals surface area contributed by atoms with Crippen molar-refractivity contribution >= 4 is 27.6 Å². The number of carbonyl (C=O) groups is 1. The second-order valence-electron chi connectivity index (χ2n) is 3.59. The zero-order valence-corrected chi connectivity index (χ0v) is 11.7. The summed E-state index contributed by atoms with van der Waals surface area (Å²) in [5.41, 5.74) is -0.564. The third-order valence-electron chi connectivity index (χ3n) is 2.22. The number of methoxy groups -OCH3 is 1. The fourth-order valence-electron chi connectivity index (χ4n) is 1.22. The van der Waals surface area contributed by atoms with Crippen molar-refractivity contribution in [3.05, 3.63) is 27.6 Å². The highest BCUT2D eigenvalue weighted by molar-refractivity contribution is 7.89. The Bertz CT molecular complexity index is 611. The highest BCUT2D eigenvalue weighted by Gasteiger charge is 2.15. The minimum Gasteiger partial charge on any atom is -0.469 e. The number of aromatic amines is 1. The maximum atomic E-state index is 11.8. The summed E-state index contributed by atoms with van der Waals surface area (Å²) in [5.74, 6) is -0.411. The standard InChI is InChI=1S/C10H13ClN2O5S/c1-18-9(14)3-2-4-13-19(16,17)7-5-8(11)10(15)12-6-7/h5-6,13H,2-4H2,1H3,(H,12,15). The van der Waals surface area contributed by atoms with E-state index in [1.165, 1.54) is 7.11 Å². The lowest BCUT2D eigenvalue weighted by Gasteiger charge is -2.06.